The van der Waals surface area contributed by atoms with Crippen molar-refractivity contribution < 1.29 is 13.2 Å². The predicted molar refractivity (Wildman–Crippen MR) is 124 cm³/mol. The first-order valence-electron chi connectivity index (χ1n) is 10.5. The van der Waals surface area contributed by atoms with E-state index in [2.05, 4.69) is 37.0 Å². The van der Waals surface area contributed by atoms with Crippen LogP contribution in [-0.2, 0) is 6.18 Å². The van der Waals surface area contributed by atoms with Crippen LogP contribution < -0.4 is 16.0 Å². The first-order chi connectivity index (χ1) is 16.0. The number of anilines is 4. The van der Waals surface area contributed by atoms with Crippen molar-refractivity contribution in [3.8, 4) is 0 Å². The van der Waals surface area contributed by atoms with E-state index in [9.17, 15) is 13.2 Å². The van der Waals surface area contributed by atoms with Gasteiger partial charge in [0.05, 0.1) is 11.3 Å². The molecule has 168 valence electrons. The molecule has 0 unspecified atom stereocenters. The van der Waals surface area contributed by atoms with Crippen LogP contribution in [0.1, 0.15) is 17.5 Å². The normalized spacial score (nSPS) is 14.2. The summed E-state index contributed by atoms with van der Waals surface area (Å²) >= 11 is 0. The first kappa shape index (κ1) is 21.0. The topological polar surface area (TPSA) is 77.7 Å². The number of hydrogen-bond donors (Lipinski definition) is 4. The molecule has 0 atom stereocenters. The van der Waals surface area contributed by atoms with E-state index in [1.165, 1.54) is 17.8 Å². The Morgan fingerprint density at radius 3 is 2.64 bits per heavy atom. The number of nitrogens with one attached hydrogen (secondary N) is 4. The molecule has 1 aliphatic heterocycles. The lowest BCUT2D eigenvalue weighted by Gasteiger charge is -2.16. The van der Waals surface area contributed by atoms with E-state index in [4.69, 9.17) is 0 Å². The lowest BCUT2D eigenvalue weighted by molar-refractivity contribution is -0.137. The highest BCUT2D eigenvalue weighted by Crippen LogP contribution is 2.37. The van der Waals surface area contributed by atoms with Gasteiger partial charge in [0.25, 0.3) is 0 Å². The number of hydrogen-bond acceptors (Lipinski definition) is 5. The molecule has 0 saturated carbocycles. The van der Waals surface area contributed by atoms with E-state index >= 15 is 0 Å². The number of rotatable bonds is 5. The molecule has 3 aromatic heterocycles. The van der Waals surface area contributed by atoms with Crippen LogP contribution in [0.25, 0.3) is 16.5 Å². The Morgan fingerprint density at radius 2 is 1.88 bits per heavy atom. The number of nitrogens with zero attached hydrogens (tertiary/aromatic N) is 2. The number of H-pyrrole nitrogens is 1. The summed E-state index contributed by atoms with van der Waals surface area (Å²) in [4.78, 5) is 11.4. The Balaban J connectivity index is 1.47. The Kier molecular flexibility index (Phi) is 5.47. The Hall–Kier alpha value is -3.85. The number of alkyl halides is 3. The van der Waals surface area contributed by atoms with Crippen molar-refractivity contribution in [3.63, 3.8) is 0 Å². The van der Waals surface area contributed by atoms with Crippen molar-refractivity contribution in [3.05, 3.63) is 78.3 Å². The number of fused-ring (bicyclic) bond motifs is 1. The molecule has 5 rings (SSSR count). The average molecular weight is 450 g/mol. The van der Waals surface area contributed by atoms with Crippen LogP contribution in [0, 0.1) is 0 Å². The van der Waals surface area contributed by atoms with Gasteiger partial charge in [-0.05, 0) is 48.9 Å². The zero-order chi connectivity index (χ0) is 22.8. The maximum absolute atomic E-state index is 13.5. The van der Waals surface area contributed by atoms with Crippen molar-refractivity contribution in [1.82, 2.24) is 20.3 Å². The second-order valence-electron chi connectivity index (χ2n) is 7.72. The Labute approximate surface area is 188 Å². The van der Waals surface area contributed by atoms with Crippen molar-refractivity contribution in [2.45, 2.75) is 12.6 Å². The van der Waals surface area contributed by atoms with Gasteiger partial charge in [-0.1, -0.05) is 12.1 Å². The van der Waals surface area contributed by atoms with Crippen LogP contribution in [0.3, 0.4) is 0 Å². The van der Waals surface area contributed by atoms with Crippen LogP contribution in [0.2, 0.25) is 0 Å². The summed E-state index contributed by atoms with van der Waals surface area (Å²) in [5.41, 5.74) is 3.14. The zero-order valence-electron chi connectivity index (χ0n) is 17.5. The molecule has 0 saturated heterocycles. The maximum Gasteiger partial charge on any atom is 0.419 e. The number of aromatic amines is 1. The Bertz CT molecular complexity index is 1310. The predicted octanol–water partition coefficient (Wildman–Crippen LogP) is 5.84. The van der Waals surface area contributed by atoms with Crippen molar-refractivity contribution in [1.29, 1.82) is 0 Å². The molecule has 1 aliphatic rings. The van der Waals surface area contributed by atoms with Crippen LogP contribution >= 0.6 is 0 Å². The number of benzene rings is 1. The van der Waals surface area contributed by atoms with Crippen LogP contribution in [-0.4, -0.2) is 28.0 Å². The summed E-state index contributed by atoms with van der Waals surface area (Å²) in [5, 5.41) is 10.2. The third-order valence-corrected chi connectivity index (χ3v) is 5.50. The summed E-state index contributed by atoms with van der Waals surface area (Å²) in [6.45, 7) is 1.76. The fourth-order valence-electron chi connectivity index (χ4n) is 3.91. The molecule has 0 bridgehead atoms. The summed E-state index contributed by atoms with van der Waals surface area (Å²) in [6, 6.07) is 12.1. The van der Waals surface area contributed by atoms with Crippen molar-refractivity contribution in [2.75, 3.05) is 23.7 Å². The van der Waals surface area contributed by atoms with Gasteiger partial charge in [-0.25, -0.2) is 9.97 Å². The van der Waals surface area contributed by atoms with E-state index in [0.29, 0.717) is 11.6 Å². The molecule has 4 aromatic rings. The van der Waals surface area contributed by atoms with Gasteiger partial charge < -0.3 is 20.9 Å². The lowest BCUT2D eigenvalue weighted by Crippen LogP contribution is -2.19. The van der Waals surface area contributed by atoms with E-state index in [0.717, 1.165) is 47.9 Å². The van der Waals surface area contributed by atoms with Crippen LogP contribution in [0.5, 0.6) is 0 Å². The molecule has 0 aliphatic carbocycles. The molecule has 1 aromatic carbocycles. The van der Waals surface area contributed by atoms with Gasteiger partial charge in [0.15, 0.2) is 0 Å². The molecule has 0 amide bonds. The average Bonchev–Trinajstić information content (AvgIpc) is 3.23. The zero-order valence-corrected chi connectivity index (χ0v) is 17.5. The third kappa shape index (κ3) is 4.54. The fourth-order valence-corrected chi connectivity index (χ4v) is 3.91. The van der Waals surface area contributed by atoms with E-state index in [1.807, 2.05) is 24.4 Å². The number of halogens is 3. The summed E-state index contributed by atoms with van der Waals surface area (Å²) in [5.74, 6) is 0.604. The summed E-state index contributed by atoms with van der Waals surface area (Å²) < 4.78 is 40.6. The van der Waals surface area contributed by atoms with Gasteiger partial charge in [-0.15, -0.1) is 0 Å². The Morgan fingerprint density at radius 1 is 0.970 bits per heavy atom. The first-order valence-corrected chi connectivity index (χ1v) is 10.5. The molecule has 0 spiro atoms. The van der Waals surface area contributed by atoms with Gasteiger partial charge in [0.1, 0.15) is 11.6 Å². The monoisotopic (exact) mass is 450 g/mol. The summed E-state index contributed by atoms with van der Waals surface area (Å²) in [6.07, 6.45) is 2.90. The highest BCUT2D eigenvalue weighted by molar-refractivity contribution is 5.95. The molecule has 4 heterocycles. The third-order valence-electron chi connectivity index (χ3n) is 5.50. The summed E-state index contributed by atoms with van der Waals surface area (Å²) in [7, 11) is 0. The largest absolute Gasteiger partial charge is 0.419 e. The number of pyridine rings is 2. The lowest BCUT2D eigenvalue weighted by atomic mass is 9.99. The minimum atomic E-state index is -4.55. The van der Waals surface area contributed by atoms with Gasteiger partial charge >= 0.3 is 6.18 Å². The maximum atomic E-state index is 13.5. The van der Waals surface area contributed by atoms with Crippen molar-refractivity contribution in [2.24, 2.45) is 0 Å². The van der Waals surface area contributed by atoms with E-state index in [1.54, 1.807) is 18.2 Å². The highest BCUT2D eigenvalue weighted by atomic mass is 19.4. The molecular formula is C24H21F3N6. The molecule has 6 nitrogen and oxygen atoms in total. The highest BCUT2D eigenvalue weighted by Gasteiger charge is 2.34. The SMILES string of the molecule is FC(F)(F)c1cnc(Nc2ccc3[nH]cc(C4=CCNCC4)c3c2)cc1Nc1ccccn1. The number of aromatic nitrogens is 3. The minimum absolute atomic E-state index is 0.123. The van der Waals surface area contributed by atoms with Crippen LogP contribution in [0.15, 0.2) is 67.1 Å². The van der Waals surface area contributed by atoms with Gasteiger partial charge in [0.2, 0.25) is 0 Å². The quantitative estimate of drug-likeness (QED) is 0.307. The fraction of sp³-hybridized carbons (Fsp3) is 0.167. The molecule has 33 heavy (non-hydrogen) atoms. The van der Waals surface area contributed by atoms with Crippen LogP contribution in [0.4, 0.5) is 36.2 Å². The van der Waals surface area contributed by atoms with Gasteiger partial charge in [-0.3, -0.25) is 0 Å². The molecule has 9 heteroatoms. The minimum Gasteiger partial charge on any atom is -0.361 e. The second-order valence-corrected chi connectivity index (χ2v) is 7.72. The van der Waals surface area contributed by atoms with Crippen molar-refractivity contribution >= 4 is 39.5 Å². The van der Waals surface area contributed by atoms with Gasteiger partial charge in [-0.2, -0.15) is 13.2 Å². The molecular weight excluding hydrogens is 429 g/mol. The molecule has 0 radical (unpaired) electrons. The molecule has 0 fully saturated rings. The second kappa shape index (κ2) is 8.59. The van der Waals surface area contributed by atoms with Gasteiger partial charge in [0, 0.05) is 53.4 Å². The van der Waals surface area contributed by atoms with E-state index < -0.39 is 11.7 Å². The standard InChI is InChI=1S/C24H21F3N6/c25-24(26,27)19-14-31-23(12-21(19)33-22-3-1-2-8-29-22)32-16-4-5-20-17(11-16)18(13-30-20)15-6-9-28-10-7-15/h1-6,8,11-14,28,30H,7,9-10H2,(H2,29,31,32,33). The smallest absolute Gasteiger partial charge is 0.361 e. The van der Waals surface area contributed by atoms with E-state index in [-0.39, 0.29) is 5.69 Å². The molecule has 4 N–H and O–H groups in total.